The highest BCUT2D eigenvalue weighted by Gasteiger charge is 2.14. The number of nitrogens with zero attached hydrogens (tertiary/aromatic N) is 3. The Labute approximate surface area is 227 Å². The summed E-state index contributed by atoms with van der Waals surface area (Å²) in [7, 11) is 0. The van der Waals surface area contributed by atoms with E-state index in [0.717, 1.165) is 52.1 Å². The number of hydrogen-bond acceptors (Lipinski definition) is 5. The van der Waals surface area contributed by atoms with Gasteiger partial charge in [0.25, 0.3) is 0 Å². The van der Waals surface area contributed by atoms with Gasteiger partial charge in [-0.1, -0.05) is 60.7 Å². The van der Waals surface area contributed by atoms with E-state index in [9.17, 15) is 0 Å². The van der Waals surface area contributed by atoms with Gasteiger partial charge >= 0.3 is 0 Å². The van der Waals surface area contributed by atoms with Crippen molar-refractivity contribution in [3.05, 3.63) is 115 Å². The van der Waals surface area contributed by atoms with Crippen LogP contribution >= 0.6 is 0 Å². The molecule has 5 heteroatoms. The molecule has 190 valence electrons. The zero-order chi connectivity index (χ0) is 26.0. The molecule has 6 aromatic rings. The maximum absolute atomic E-state index is 6.29. The molecule has 0 N–H and O–H groups in total. The normalized spacial score (nSPS) is 13.2. The minimum absolute atomic E-state index is 0.577. The van der Waals surface area contributed by atoms with Gasteiger partial charge in [0.2, 0.25) is 5.88 Å². The number of pyridine rings is 2. The fraction of sp³-hybridized carbons (Fsp3) is 0.118. The van der Waals surface area contributed by atoms with E-state index in [1.54, 1.807) is 6.20 Å². The summed E-state index contributed by atoms with van der Waals surface area (Å²) in [6, 6.07) is 36.5. The number of hydrogen-bond donors (Lipinski definition) is 0. The Balaban J connectivity index is 1.16. The van der Waals surface area contributed by atoms with Gasteiger partial charge in [-0.15, -0.1) is 0 Å². The molecule has 0 bridgehead atoms. The van der Waals surface area contributed by atoms with Crippen LogP contribution in [0.5, 0.6) is 23.1 Å². The topological polar surface area (TPSA) is 47.5 Å². The molecule has 0 atom stereocenters. The Morgan fingerprint density at radius 3 is 2.13 bits per heavy atom. The van der Waals surface area contributed by atoms with Crippen molar-refractivity contribution in [2.75, 3.05) is 18.0 Å². The van der Waals surface area contributed by atoms with Crippen LogP contribution in [0.2, 0.25) is 0 Å². The predicted octanol–water partition coefficient (Wildman–Crippen LogP) is 8.63. The minimum atomic E-state index is 0.577. The molecular weight excluding hydrogens is 482 g/mol. The van der Waals surface area contributed by atoms with E-state index in [1.807, 2.05) is 60.7 Å². The van der Waals surface area contributed by atoms with E-state index in [1.165, 1.54) is 18.2 Å². The monoisotopic (exact) mass is 509 g/mol. The van der Waals surface area contributed by atoms with Crippen molar-refractivity contribution in [2.24, 2.45) is 0 Å². The summed E-state index contributed by atoms with van der Waals surface area (Å²) in [6.45, 7) is 2.16. The fourth-order valence-corrected chi connectivity index (χ4v) is 5.32. The van der Waals surface area contributed by atoms with E-state index >= 15 is 0 Å². The minimum Gasteiger partial charge on any atom is -0.457 e. The van der Waals surface area contributed by atoms with Crippen LogP contribution in [0.25, 0.3) is 32.9 Å². The summed E-state index contributed by atoms with van der Waals surface area (Å²) in [4.78, 5) is 11.8. The quantitative estimate of drug-likeness (QED) is 0.210. The van der Waals surface area contributed by atoms with Crippen LogP contribution in [0, 0.1) is 0 Å². The second kappa shape index (κ2) is 10.1. The summed E-state index contributed by atoms with van der Waals surface area (Å²) in [5.74, 6) is 2.68. The van der Waals surface area contributed by atoms with Crippen molar-refractivity contribution < 1.29 is 9.47 Å². The first-order valence-electron chi connectivity index (χ1n) is 13.3. The third kappa shape index (κ3) is 4.75. The molecule has 7 rings (SSSR count). The molecule has 3 heterocycles. The van der Waals surface area contributed by atoms with Crippen molar-refractivity contribution >= 4 is 27.4 Å². The van der Waals surface area contributed by atoms with Gasteiger partial charge in [-0.2, -0.15) is 0 Å². The van der Waals surface area contributed by atoms with Gasteiger partial charge in [-0.05, 0) is 54.6 Å². The maximum Gasteiger partial charge on any atom is 0.221 e. The Morgan fingerprint density at radius 2 is 1.28 bits per heavy atom. The number of anilines is 1. The Hall–Kier alpha value is -4.90. The number of aromatic nitrogens is 2. The second-order valence-electron chi connectivity index (χ2n) is 9.78. The number of para-hydroxylation sites is 1. The van der Waals surface area contributed by atoms with Crippen molar-refractivity contribution in [1.29, 1.82) is 0 Å². The SMILES string of the molecule is c1cc(Oc2cccc(-c3nc4ccccc4c4ccccc34)c2)cc(Oc2cc(N3CCCC3)ccn2)c1. The molecule has 0 unspecified atom stereocenters. The number of benzene rings is 4. The van der Waals surface area contributed by atoms with Gasteiger partial charge in [0.1, 0.15) is 17.2 Å². The molecule has 1 fully saturated rings. The van der Waals surface area contributed by atoms with Crippen LogP contribution in [0.4, 0.5) is 5.69 Å². The highest BCUT2D eigenvalue weighted by molar-refractivity contribution is 6.10. The van der Waals surface area contributed by atoms with Crippen LogP contribution in [0.3, 0.4) is 0 Å². The average Bonchev–Trinajstić information content (AvgIpc) is 3.53. The van der Waals surface area contributed by atoms with Crippen molar-refractivity contribution in [3.8, 4) is 34.4 Å². The second-order valence-corrected chi connectivity index (χ2v) is 9.78. The van der Waals surface area contributed by atoms with E-state index in [-0.39, 0.29) is 0 Å². The van der Waals surface area contributed by atoms with E-state index in [4.69, 9.17) is 14.5 Å². The lowest BCUT2D eigenvalue weighted by Crippen LogP contribution is -2.17. The zero-order valence-electron chi connectivity index (χ0n) is 21.5. The van der Waals surface area contributed by atoms with Gasteiger partial charge in [-0.25, -0.2) is 9.97 Å². The number of ether oxygens (including phenoxy) is 2. The molecule has 0 aliphatic carbocycles. The van der Waals surface area contributed by atoms with Crippen molar-refractivity contribution in [3.63, 3.8) is 0 Å². The van der Waals surface area contributed by atoms with E-state index in [0.29, 0.717) is 17.4 Å². The summed E-state index contributed by atoms with van der Waals surface area (Å²) in [5, 5.41) is 3.46. The first-order valence-corrected chi connectivity index (χ1v) is 13.3. The summed E-state index contributed by atoms with van der Waals surface area (Å²) in [6.07, 6.45) is 4.26. The Morgan fingerprint density at radius 1 is 0.590 bits per heavy atom. The molecular formula is C34H27N3O2. The molecule has 39 heavy (non-hydrogen) atoms. The fourth-order valence-electron chi connectivity index (χ4n) is 5.32. The first-order chi connectivity index (χ1) is 19.3. The third-order valence-corrected chi connectivity index (χ3v) is 7.17. The van der Waals surface area contributed by atoms with Gasteiger partial charge in [0, 0.05) is 53.4 Å². The average molecular weight is 510 g/mol. The lowest BCUT2D eigenvalue weighted by molar-refractivity contribution is 0.449. The lowest BCUT2D eigenvalue weighted by atomic mass is 10.00. The molecule has 0 spiro atoms. The van der Waals surface area contributed by atoms with Crippen LogP contribution in [-0.2, 0) is 0 Å². The van der Waals surface area contributed by atoms with E-state index < -0.39 is 0 Å². The number of fused-ring (bicyclic) bond motifs is 3. The molecule has 1 saturated heterocycles. The highest BCUT2D eigenvalue weighted by Crippen LogP contribution is 2.35. The van der Waals surface area contributed by atoms with E-state index in [2.05, 4.69) is 58.4 Å². The van der Waals surface area contributed by atoms with Gasteiger partial charge in [0.15, 0.2) is 0 Å². The van der Waals surface area contributed by atoms with Gasteiger partial charge in [0.05, 0.1) is 11.2 Å². The molecule has 0 radical (unpaired) electrons. The Bertz CT molecular complexity index is 1790. The van der Waals surface area contributed by atoms with Crippen molar-refractivity contribution in [2.45, 2.75) is 12.8 Å². The summed E-state index contributed by atoms with van der Waals surface area (Å²) >= 11 is 0. The van der Waals surface area contributed by atoms with Crippen molar-refractivity contribution in [1.82, 2.24) is 9.97 Å². The molecule has 1 aliphatic rings. The summed E-state index contributed by atoms with van der Waals surface area (Å²) in [5.41, 5.74) is 4.07. The summed E-state index contributed by atoms with van der Waals surface area (Å²) < 4.78 is 12.4. The number of rotatable bonds is 6. The standard InChI is InChI=1S/C34H27N3O2/c1-2-15-31-29(13-1)30-14-3-4-16-32(30)36-34(31)24-9-7-10-26(21-24)38-27-11-8-12-28(23-27)39-33-22-25(17-18-35-33)37-19-5-6-20-37/h1-4,7-18,21-23H,5-6,19-20H2. The maximum atomic E-state index is 6.29. The smallest absolute Gasteiger partial charge is 0.221 e. The Kier molecular flexibility index (Phi) is 6.02. The van der Waals surface area contributed by atoms with Gasteiger partial charge < -0.3 is 14.4 Å². The van der Waals surface area contributed by atoms with Crippen LogP contribution in [-0.4, -0.2) is 23.1 Å². The first kappa shape index (κ1) is 23.2. The van der Waals surface area contributed by atoms with Crippen LogP contribution in [0.1, 0.15) is 12.8 Å². The molecule has 0 saturated carbocycles. The molecule has 4 aromatic carbocycles. The van der Waals surface area contributed by atoms with Gasteiger partial charge in [-0.3, -0.25) is 0 Å². The molecule has 0 amide bonds. The van der Waals surface area contributed by atoms with Crippen LogP contribution in [0.15, 0.2) is 115 Å². The largest absolute Gasteiger partial charge is 0.457 e. The molecule has 5 nitrogen and oxygen atoms in total. The zero-order valence-corrected chi connectivity index (χ0v) is 21.5. The predicted molar refractivity (Wildman–Crippen MR) is 157 cm³/mol. The van der Waals surface area contributed by atoms with Crippen LogP contribution < -0.4 is 14.4 Å². The lowest BCUT2D eigenvalue weighted by Gasteiger charge is -2.18. The third-order valence-electron chi connectivity index (χ3n) is 7.17. The molecule has 1 aliphatic heterocycles. The molecule has 2 aromatic heterocycles. The highest BCUT2D eigenvalue weighted by atomic mass is 16.5.